The summed E-state index contributed by atoms with van der Waals surface area (Å²) in [5.41, 5.74) is 6.89. The lowest BCUT2D eigenvalue weighted by Gasteiger charge is -2.31. The van der Waals surface area contributed by atoms with Crippen LogP contribution in [0.4, 0.5) is 17.5 Å². The summed E-state index contributed by atoms with van der Waals surface area (Å²) in [7, 11) is 0. The van der Waals surface area contributed by atoms with Gasteiger partial charge in [0, 0.05) is 37.3 Å². The number of nitrogens with one attached hydrogen (secondary N) is 2. The van der Waals surface area contributed by atoms with Gasteiger partial charge in [-0.3, -0.25) is 5.10 Å². The highest BCUT2D eigenvalue weighted by molar-refractivity contribution is 5.62. The molecule has 4 rings (SSSR count). The Hall–Kier alpha value is -2.61. The Morgan fingerprint density at radius 2 is 2.27 bits per heavy atom. The number of aromatic amines is 1. The topological polar surface area (TPSA) is 100 Å². The number of fused-ring (bicyclic) bond motifs is 1. The summed E-state index contributed by atoms with van der Waals surface area (Å²) in [5, 5.41) is 14.4. The molecule has 0 bridgehead atoms. The summed E-state index contributed by atoms with van der Waals surface area (Å²) in [6.45, 7) is 1.81. The summed E-state index contributed by atoms with van der Waals surface area (Å²) in [6.07, 6.45) is 5.61. The van der Waals surface area contributed by atoms with Crippen molar-refractivity contribution >= 4 is 23.1 Å². The lowest BCUT2D eigenvalue weighted by Crippen LogP contribution is -2.43. The normalized spacial score (nSPS) is 18.8. The van der Waals surface area contributed by atoms with Gasteiger partial charge in [-0.05, 0) is 12.8 Å². The van der Waals surface area contributed by atoms with E-state index in [9.17, 15) is 0 Å². The van der Waals surface area contributed by atoms with Gasteiger partial charge in [0.1, 0.15) is 17.5 Å². The highest BCUT2D eigenvalue weighted by Crippen LogP contribution is 2.23. The lowest BCUT2D eigenvalue weighted by atomic mass is 10.1. The van der Waals surface area contributed by atoms with Gasteiger partial charge in [0.2, 0.25) is 0 Å². The Balaban J connectivity index is 1.73. The van der Waals surface area contributed by atoms with Crippen molar-refractivity contribution in [2.75, 3.05) is 23.3 Å². The van der Waals surface area contributed by atoms with Crippen molar-refractivity contribution in [2.45, 2.75) is 18.9 Å². The summed E-state index contributed by atoms with van der Waals surface area (Å²) in [5.74, 6) is 2.57. The quantitative estimate of drug-likeness (QED) is 0.670. The van der Waals surface area contributed by atoms with Crippen LogP contribution >= 0.6 is 0 Å². The zero-order valence-corrected chi connectivity index (χ0v) is 12.1. The molecule has 0 radical (unpaired) electrons. The number of hydrogen-bond acceptors (Lipinski definition) is 6. The highest BCUT2D eigenvalue weighted by atomic mass is 15.3. The molecule has 0 aromatic carbocycles. The van der Waals surface area contributed by atoms with E-state index in [2.05, 4.69) is 30.5 Å². The average Bonchev–Trinajstić information content (AvgIpc) is 3.18. The molecule has 0 aliphatic carbocycles. The Morgan fingerprint density at radius 1 is 1.32 bits per heavy atom. The van der Waals surface area contributed by atoms with Gasteiger partial charge in [-0.15, -0.1) is 0 Å². The van der Waals surface area contributed by atoms with E-state index in [-0.39, 0.29) is 6.04 Å². The molecule has 1 saturated heterocycles. The first-order valence-corrected chi connectivity index (χ1v) is 7.41. The molecule has 1 aliphatic heterocycles. The van der Waals surface area contributed by atoms with Crippen molar-refractivity contribution < 1.29 is 0 Å². The standard InChI is InChI=1S/C14H18N8/c15-10-2-1-7-21(9-10)13-8-14(18-11-3-5-16-20-11)22-12(19-13)4-6-17-22/h3-6,8,10H,1-2,7,9,15H2,(H2,16,18,20)/t10-/m1/s1. The van der Waals surface area contributed by atoms with Crippen molar-refractivity contribution in [3.8, 4) is 0 Å². The van der Waals surface area contributed by atoms with E-state index >= 15 is 0 Å². The van der Waals surface area contributed by atoms with Crippen LogP contribution in [0.2, 0.25) is 0 Å². The minimum absolute atomic E-state index is 0.209. The van der Waals surface area contributed by atoms with E-state index in [4.69, 9.17) is 5.73 Å². The zero-order chi connectivity index (χ0) is 14.9. The summed E-state index contributed by atoms with van der Waals surface area (Å²) in [6, 6.07) is 5.97. The third-order valence-electron chi connectivity index (χ3n) is 3.89. The molecule has 4 heterocycles. The van der Waals surface area contributed by atoms with Crippen molar-refractivity contribution in [3.05, 3.63) is 30.6 Å². The van der Waals surface area contributed by atoms with E-state index < -0.39 is 0 Å². The van der Waals surface area contributed by atoms with Gasteiger partial charge in [-0.25, -0.2) is 4.98 Å². The van der Waals surface area contributed by atoms with Gasteiger partial charge in [0.15, 0.2) is 5.65 Å². The van der Waals surface area contributed by atoms with Crippen molar-refractivity contribution in [1.82, 2.24) is 24.8 Å². The predicted molar refractivity (Wildman–Crippen MR) is 84.3 cm³/mol. The number of nitrogens with two attached hydrogens (primary N) is 1. The molecule has 4 N–H and O–H groups in total. The molecule has 3 aromatic heterocycles. The number of aromatic nitrogens is 5. The number of nitrogens with zero attached hydrogens (tertiary/aromatic N) is 5. The van der Waals surface area contributed by atoms with Gasteiger partial charge in [0.25, 0.3) is 0 Å². The van der Waals surface area contributed by atoms with Gasteiger partial charge in [0.05, 0.1) is 12.4 Å². The van der Waals surface area contributed by atoms with Gasteiger partial charge < -0.3 is 16.0 Å². The fourth-order valence-corrected chi connectivity index (χ4v) is 2.83. The number of hydrogen-bond donors (Lipinski definition) is 3. The van der Waals surface area contributed by atoms with Crippen LogP contribution in [0.15, 0.2) is 30.6 Å². The molecular formula is C14H18N8. The van der Waals surface area contributed by atoms with Crippen LogP contribution in [-0.4, -0.2) is 43.9 Å². The Bertz CT molecular complexity index is 762. The Morgan fingerprint density at radius 3 is 3.09 bits per heavy atom. The van der Waals surface area contributed by atoms with Crippen LogP contribution in [0.1, 0.15) is 12.8 Å². The molecule has 0 amide bonds. The monoisotopic (exact) mass is 298 g/mol. The van der Waals surface area contributed by atoms with E-state index in [0.717, 1.165) is 49.0 Å². The number of H-pyrrole nitrogens is 1. The molecule has 1 aliphatic rings. The van der Waals surface area contributed by atoms with Crippen molar-refractivity contribution in [3.63, 3.8) is 0 Å². The zero-order valence-electron chi connectivity index (χ0n) is 12.1. The molecule has 3 aromatic rings. The van der Waals surface area contributed by atoms with Crippen LogP contribution in [0.3, 0.4) is 0 Å². The second kappa shape index (κ2) is 5.30. The van der Waals surface area contributed by atoms with Gasteiger partial charge in [-0.1, -0.05) is 0 Å². The first-order valence-electron chi connectivity index (χ1n) is 7.41. The first-order chi connectivity index (χ1) is 10.8. The lowest BCUT2D eigenvalue weighted by molar-refractivity contribution is 0.503. The smallest absolute Gasteiger partial charge is 0.159 e. The number of anilines is 3. The molecule has 0 saturated carbocycles. The number of rotatable bonds is 3. The third-order valence-corrected chi connectivity index (χ3v) is 3.89. The van der Waals surface area contributed by atoms with E-state index in [1.165, 1.54) is 0 Å². The maximum Gasteiger partial charge on any atom is 0.159 e. The van der Waals surface area contributed by atoms with E-state index in [1.807, 2.05) is 18.2 Å². The second-order valence-electron chi connectivity index (χ2n) is 5.54. The maximum absolute atomic E-state index is 6.09. The fourth-order valence-electron chi connectivity index (χ4n) is 2.83. The third kappa shape index (κ3) is 2.37. The van der Waals surface area contributed by atoms with Crippen LogP contribution in [0.5, 0.6) is 0 Å². The minimum atomic E-state index is 0.209. The van der Waals surface area contributed by atoms with Gasteiger partial charge >= 0.3 is 0 Å². The minimum Gasteiger partial charge on any atom is -0.355 e. The SMILES string of the molecule is N[C@@H]1CCCN(c2cc(Nc3ccn[nH]3)n3nccc3n2)C1. The predicted octanol–water partition coefficient (Wildman–Crippen LogP) is 1.12. The fraction of sp³-hybridized carbons (Fsp3) is 0.357. The summed E-state index contributed by atoms with van der Waals surface area (Å²) >= 11 is 0. The molecule has 0 unspecified atom stereocenters. The van der Waals surface area contributed by atoms with Crippen molar-refractivity contribution in [2.24, 2.45) is 5.73 Å². The van der Waals surface area contributed by atoms with Crippen LogP contribution in [-0.2, 0) is 0 Å². The highest BCUT2D eigenvalue weighted by Gasteiger charge is 2.19. The van der Waals surface area contributed by atoms with Crippen LogP contribution in [0, 0.1) is 0 Å². The molecule has 1 fully saturated rings. The molecule has 8 heteroatoms. The average molecular weight is 298 g/mol. The van der Waals surface area contributed by atoms with Gasteiger partial charge in [-0.2, -0.15) is 14.7 Å². The molecule has 114 valence electrons. The Labute approximate surface area is 127 Å². The molecule has 1 atom stereocenters. The molecule has 0 spiro atoms. The second-order valence-corrected chi connectivity index (χ2v) is 5.54. The van der Waals surface area contributed by atoms with Crippen LogP contribution in [0.25, 0.3) is 5.65 Å². The summed E-state index contributed by atoms with van der Waals surface area (Å²) < 4.78 is 1.77. The first kappa shape index (κ1) is 13.1. The van der Waals surface area contributed by atoms with E-state index in [1.54, 1.807) is 16.9 Å². The van der Waals surface area contributed by atoms with E-state index in [0.29, 0.717) is 0 Å². The van der Waals surface area contributed by atoms with Crippen molar-refractivity contribution in [1.29, 1.82) is 0 Å². The number of piperidine rings is 1. The Kier molecular flexibility index (Phi) is 3.15. The maximum atomic E-state index is 6.09. The molecule has 22 heavy (non-hydrogen) atoms. The van der Waals surface area contributed by atoms with Crippen LogP contribution < -0.4 is 16.0 Å². The summed E-state index contributed by atoms with van der Waals surface area (Å²) in [4.78, 5) is 6.92. The molecular weight excluding hydrogens is 280 g/mol. The largest absolute Gasteiger partial charge is 0.355 e. The molecule has 8 nitrogen and oxygen atoms in total.